The summed E-state index contributed by atoms with van der Waals surface area (Å²) in [4.78, 5) is 11.2. The van der Waals surface area contributed by atoms with Gasteiger partial charge in [0.2, 0.25) is 0 Å². The summed E-state index contributed by atoms with van der Waals surface area (Å²) in [5, 5.41) is 3.44. The minimum Gasteiger partial charge on any atom is -0.347 e. The molecule has 0 spiro atoms. The molecule has 0 fully saturated rings. The van der Waals surface area contributed by atoms with Crippen LogP contribution in [-0.4, -0.2) is 27.1 Å². The quantitative estimate of drug-likeness (QED) is 0.921. The lowest BCUT2D eigenvalue weighted by atomic mass is 10.2. The number of imidazole rings is 1. The second-order valence-electron chi connectivity index (χ2n) is 5.52. The van der Waals surface area contributed by atoms with Crippen molar-refractivity contribution in [2.45, 2.75) is 39.5 Å². The molecular formula is C15H21N5. The average Bonchev–Trinajstić information content (AvgIpc) is 2.93. The van der Waals surface area contributed by atoms with Gasteiger partial charge in [-0.2, -0.15) is 0 Å². The van der Waals surface area contributed by atoms with Crippen molar-refractivity contribution in [3.63, 3.8) is 0 Å². The summed E-state index contributed by atoms with van der Waals surface area (Å²) in [5.41, 5.74) is 1.28. The van der Waals surface area contributed by atoms with Crippen LogP contribution in [-0.2, 0) is 19.6 Å². The summed E-state index contributed by atoms with van der Waals surface area (Å²) in [5.74, 6) is 2.16. The maximum atomic E-state index is 4.51. The third-order valence-electron chi connectivity index (χ3n) is 3.59. The summed E-state index contributed by atoms with van der Waals surface area (Å²) >= 11 is 0. The molecule has 1 aliphatic rings. The Morgan fingerprint density at radius 1 is 1.25 bits per heavy atom. The molecule has 0 aliphatic carbocycles. The van der Waals surface area contributed by atoms with Crippen molar-refractivity contribution in [1.29, 1.82) is 0 Å². The highest BCUT2D eigenvalue weighted by Crippen LogP contribution is 2.18. The van der Waals surface area contributed by atoms with Gasteiger partial charge in [-0.15, -0.1) is 0 Å². The van der Waals surface area contributed by atoms with E-state index in [0.29, 0.717) is 6.04 Å². The zero-order chi connectivity index (χ0) is 13.9. The van der Waals surface area contributed by atoms with Crippen molar-refractivity contribution in [1.82, 2.24) is 19.9 Å². The summed E-state index contributed by atoms with van der Waals surface area (Å²) in [7, 11) is 0. The van der Waals surface area contributed by atoms with Crippen LogP contribution in [0.3, 0.4) is 0 Å². The van der Waals surface area contributed by atoms with E-state index in [9.17, 15) is 0 Å². The van der Waals surface area contributed by atoms with Crippen LogP contribution in [0, 0.1) is 0 Å². The van der Waals surface area contributed by atoms with Crippen molar-refractivity contribution in [2.75, 3.05) is 11.4 Å². The first-order chi connectivity index (χ1) is 9.72. The third-order valence-corrected chi connectivity index (χ3v) is 3.59. The molecule has 0 bridgehead atoms. The van der Waals surface area contributed by atoms with Crippen molar-refractivity contribution >= 4 is 5.82 Å². The summed E-state index contributed by atoms with van der Waals surface area (Å²) in [6.45, 7) is 8.00. The van der Waals surface area contributed by atoms with Crippen molar-refractivity contribution in [2.24, 2.45) is 0 Å². The SMILES string of the molecule is CC(C)NCc1ccnc(N2CCn3ccnc3C2)c1. The molecule has 2 aromatic rings. The Morgan fingerprint density at radius 3 is 3.00 bits per heavy atom. The van der Waals surface area contributed by atoms with E-state index in [1.807, 2.05) is 18.6 Å². The van der Waals surface area contributed by atoms with E-state index < -0.39 is 0 Å². The molecule has 1 N–H and O–H groups in total. The first-order valence-corrected chi connectivity index (χ1v) is 7.15. The van der Waals surface area contributed by atoms with Gasteiger partial charge in [-0.25, -0.2) is 9.97 Å². The highest BCUT2D eigenvalue weighted by atomic mass is 15.3. The van der Waals surface area contributed by atoms with Crippen molar-refractivity contribution < 1.29 is 0 Å². The lowest BCUT2D eigenvalue weighted by Gasteiger charge is -2.28. The van der Waals surface area contributed by atoms with E-state index in [0.717, 1.165) is 37.8 Å². The first-order valence-electron chi connectivity index (χ1n) is 7.15. The Balaban J connectivity index is 1.73. The van der Waals surface area contributed by atoms with Crippen LogP contribution in [0.5, 0.6) is 0 Å². The topological polar surface area (TPSA) is 46.0 Å². The van der Waals surface area contributed by atoms with E-state index in [4.69, 9.17) is 0 Å². The second-order valence-corrected chi connectivity index (χ2v) is 5.52. The number of rotatable bonds is 4. The minimum atomic E-state index is 0.495. The highest BCUT2D eigenvalue weighted by molar-refractivity contribution is 5.41. The maximum absolute atomic E-state index is 4.51. The van der Waals surface area contributed by atoms with Gasteiger partial charge in [0.1, 0.15) is 11.6 Å². The molecule has 106 valence electrons. The molecule has 20 heavy (non-hydrogen) atoms. The van der Waals surface area contributed by atoms with E-state index in [2.05, 4.69) is 50.7 Å². The lowest BCUT2D eigenvalue weighted by molar-refractivity contribution is 0.555. The predicted octanol–water partition coefficient (Wildman–Crippen LogP) is 1.80. The van der Waals surface area contributed by atoms with E-state index in [1.54, 1.807) is 0 Å². The van der Waals surface area contributed by atoms with Crippen LogP contribution >= 0.6 is 0 Å². The van der Waals surface area contributed by atoms with Gasteiger partial charge in [-0.1, -0.05) is 13.8 Å². The van der Waals surface area contributed by atoms with Gasteiger partial charge >= 0.3 is 0 Å². The first kappa shape index (κ1) is 13.1. The largest absolute Gasteiger partial charge is 0.347 e. The molecule has 3 rings (SSSR count). The van der Waals surface area contributed by atoms with Gasteiger partial charge < -0.3 is 14.8 Å². The number of hydrogen-bond donors (Lipinski definition) is 1. The number of aromatic nitrogens is 3. The van der Waals surface area contributed by atoms with Gasteiger partial charge in [-0.05, 0) is 17.7 Å². The minimum absolute atomic E-state index is 0.495. The third kappa shape index (κ3) is 2.82. The van der Waals surface area contributed by atoms with Crippen LogP contribution < -0.4 is 10.2 Å². The highest BCUT2D eigenvalue weighted by Gasteiger charge is 2.17. The van der Waals surface area contributed by atoms with Gasteiger partial charge in [0.15, 0.2) is 0 Å². The fraction of sp³-hybridized carbons (Fsp3) is 0.467. The second kappa shape index (κ2) is 5.63. The van der Waals surface area contributed by atoms with E-state index in [-0.39, 0.29) is 0 Å². The normalized spacial score (nSPS) is 14.7. The predicted molar refractivity (Wildman–Crippen MR) is 79.5 cm³/mol. The van der Waals surface area contributed by atoms with Gasteiger partial charge in [0.05, 0.1) is 6.54 Å². The number of anilines is 1. The molecule has 2 aromatic heterocycles. The number of pyridine rings is 1. The molecule has 0 saturated carbocycles. The number of fused-ring (bicyclic) bond motifs is 1. The van der Waals surface area contributed by atoms with Gasteiger partial charge in [0, 0.05) is 44.3 Å². The zero-order valence-electron chi connectivity index (χ0n) is 12.1. The fourth-order valence-corrected chi connectivity index (χ4v) is 2.43. The molecule has 3 heterocycles. The van der Waals surface area contributed by atoms with Crippen molar-refractivity contribution in [3.05, 3.63) is 42.1 Å². The van der Waals surface area contributed by atoms with Crippen molar-refractivity contribution in [3.8, 4) is 0 Å². The summed E-state index contributed by atoms with van der Waals surface area (Å²) in [6.07, 6.45) is 5.81. The Bertz CT molecular complexity index is 575. The summed E-state index contributed by atoms with van der Waals surface area (Å²) in [6, 6.07) is 4.74. The Hall–Kier alpha value is -1.88. The molecule has 1 aliphatic heterocycles. The lowest BCUT2D eigenvalue weighted by Crippen LogP contribution is -2.34. The Morgan fingerprint density at radius 2 is 2.15 bits per heavy atom. The van der Waals surface area contributed by atoms with Gasteiger partial charge in [0.25, 0.3) is 0 Å². The molecule has 0 aromatic carbocycles. The molecule has 5 nitrogen and oxygen atoms in total. The van der Waals surface area contributed by atoms with E-state index >= 15 is 0 Å². The Kier molecular flexibility index (Phi) is 3.69. The van der Waals surface area contributed by atoms with Crippen LogP contribution in [0.2, 0.25) is 0 Å². The average molecular weight is 271 g/mol. The van der Waals surface area contributed by atoms with Crippen LogP contribution in [0.4, 0.5) is 5.82 Å². The zero-order valence-corrected chi connectivity index (χ0v) is 12.1. The van der Waals surface area contributed by atoms with Crippen LogP contribution in [0.1, 0.15) is 25.2 Å². The monoisotopic (exact) mass is 271 g/mol. The molecule has 0 radical (unpaired) electrons. The smallest absolute Gasteiger partial charge is 0.129 e. The fourth-order valence-electron chi connectivity index (χ4n) is 2.43. The number of nitrogens with zero attached hydrogens (tertiary/aromatic N) is 4. The molecule has 5 heteroatoms. The standard InChI is InChI=1S/C15H21N5/c1-12(2)18-10-13-3-4-16-14(9-13)20-8-7-19-6-5-17-15(19)11-20/h3-6,9,12,18H,7-8,10-11H2,1-2H3. The number of nitrogens with one attached hydrogen (secondary N) is 1. The van der Waals surface area contributed by atoms with E-state index in [1.165, 1.54) is 5.56 Å². The molecule has 0 unspecified atom stereocenters. The van der Waals surface area contributed by atoms with Crippen LogP contribution in [0.15, 0.2) is 30.7 Å². The molecular weight excluding hydrogens is 250 g/mol. The van der Waals surface area contributed by atoms with Gasteiger partial charge in [-0.3, -0.25) is 0 Å². The molecule has 0 atom stereocenters. The number of hydrogen-bond acceptors (Lipinski definition) is 4. The Labute approximate surface area is 119 Å². The maximum Gasteiger partial charge on any atom is 0.129 e. The molecule has 0 amide bonds. The summed E-state index contributed by atoms with van der Waals surface area (Å²) < 4.78 is 2.21. The molecule has 0 saturated heterocycles. The van der Waals surface area contributed by atoms with Crippen LogP contribution in [0.25, 0.3) is 0 Å².